The second kappa shape index (κ2) is 8.86. The van der Waals surface area contributed by atoms with Crippen LogP contribution in [-0.2, 0) is 17.7 Å². The van der Waals surface area contributed by atoms with Gasteiger partial charge in [-0.3, -0.25) is 4.79 Å². The summed E-state index contributed by atoms with van der Waals surface area (Å²) in [6, 6.07) is 17.0. The van der Waals surface area contributed by atoms with E-state index in [2.05, 4.69) is 25.4 Å². The van der Waals surface area contributed by atoms with Crippen LogP contribution in [0.1, 0.15) is 38.0 Å². The van der Waals surface area contributed by atoms with Gasteiger partial charge in [0.1, 0.15) is 0 Å². The average molecular weight is 475 g/mol. The highest BCUT2D eigenvalue weighted by atomic mass is 32.2. The number of thioether (sulfide) groups is 1. The Bertz CT molecular complexity index is 1500. The lowest BCUT2D eigenvalue weighted by Gasteiger charge is -2.10. The molecule has 5 rings (SSSR count). The maximum absolute atomic E-state index is 13.1. The predicted molar refractivity (Wildman–Crippen MR) is 127 cm³/mol. The molecule has 3 heterocycles. The van der Waals surface area contributed by atoms with Gasteiger partial charge in [-0.05, 0) is 11.6 Å². The Hall–Kier alpha value is -3.79. The minimum absolute atomic E-state index is 0.177. The normalized spacial score (nSPS) is 11.9. The minimum atomic E-state index is -0.219. The molecule has 0 spiro atoms. The van der Waals surface area contributed by atoms with E-state index in [0.29, 0.717) is 45.7 Å². The highest BCUT2D eigenvalue weighted by Gasteiger charge is 2.22. The lowest BCUT2D eigenvalue weighted by molar-refractivity contribution is 0.319. The fraction of sp³-hybridized carbons (Fsp3) is 0.250. The molecule has 5 aromatic rings. The maximum atomic E-state index is 13.1. The molecule has 0 amide bonds. The van der Waals surface area contributed by atoms with Crippen LogP contribution in [0, 0.1) is 0 Å². The van der Waals surface area contributed by atoms with Crippen LogP contribution in [0.25, 0.3) is 22.4 Å². The lowest BCUT2D eigenvalue weighted by atomic mass is 9.97. The van der Waals surface area contributed by atoms with Crippen molar-refractivity contribution in [2.75, 3.05) is 0 Å². The van der Waals surface area contributed by atoms with Crippen LogP contribution in [0.5, 0.6) is 0 Å². The molecule has 0 atom stereocenters. The van der Waals surface area contributed by atoms with Gasteiger partial charge in [0, 0.05) is 10.8 Å². The molecule has 0 unspecified atom stereocenters. The van der Waals surface area contributed by atoms with Gasteiger partial charge < -0.3 is 8.94 Å². The third-order valence-electron chi connectivity index (χ3n) is 5.09. The first-order chi connectivity index (χ1) is 16.4. The van der Waals surface area contributed by atoms with Crippen LogP contribution in [0.4, 0.5) is 0 Å². The van der Waals surface area contributed by atoms with E-state index in [1.807, 2.05) is 69.3 Å². The van der Waals surface area contributed by atoms with E-state index >= 15 is 0 Å². The van der Waals surface area contributed by atoms with Gasteiger partial charge in [0.05, 0.1) is 17.7 Å². The third kappa shape index (κ3) is 4.49. The summed E-state index contributed by atoms with van der Waals surface area (Å²) in [4.78, 5) is 17.5. The molecule has 0 N–H and O–H groups in total. The van der Waals surface area contributed by atoms with Crippen molar-refractivity contribution in [2.45, 2.75) is 43.7 Å². The molecule has 10 heteroatoms. The summed E-state index contributed by atoms with van der Waals surface area (Å²) in [5.74, 6) is 1.78. The molecule has 0 saturated heterocycles. The van der Waals surface area contributed by atoms with Gasteiger partial charge in [-0.15, -0.1) is 10.2 Å². The first kappa shape index (κ1) is 22.0. The summed E-state index contributed by atoms with van der Waals surface area (Å²) >= 11 is 1.31. The van der Waals surface area contributed by atoms with Crippen molar-refractivity contribution < 1.29 is 8.94 Å². The topological polar surface area (TPSA) is 113 Å². The Morgan fingerprint density at radius 2 is 1.71 bits per heavy atom. The number of aromatic nitrogens is 6. The first-order valence-corrected chi connectivity index (χ1v) is 11.7. The van der Waals surface area contributed by atoms with Gasteiger partial charge in [-0.25, -0.2) is 4.68 Å². The van der Waals surface area contributed by atoms with Gasteiger partial charge in [0.2, 0.25) is 5.89 Å². The van der Waals surface area contributed by atoms with E-state index in [9.17, 15) is 4.79 Å². The minimum Gasteiger partial charge on any atom is -0.409 e. The Balaban J connectivity index is 1.44. The molecule has 0 saturated carbocycles. The summed E-state index contributed by atoms with van der Waals surface area (Å²) < 4.78 is 12.7. The van der Waals surface area contributed by atoms with Crippen LogP contribution >= 0.6 is 11.8 Å². The van der Waals surface area contributed by atoms with Crippen LogP contribution in [0.15, 0.2) is 73.6 Å². The van der Waals surface area contributed by atoms with E-state index < -0.39 is 0 Å². The molecule has 0 aliphatic carbocycles. The number of hydrogen-bond donors (Lipinski definition) is 0. The molecule has 0 fully saturated rings. The molecule has 0 aliphatic heterocycles. The Morgan fingerprint density at radius 1 is 0.971 bits per heavy atom. The fourth-order valence-electron chi connectivity index (χ4n) is 3.36. The summed E-state index contributed by atoms with van der Waals surface area (Å²) in [7, 11) is 0. The molecule has 3 aromatic heterocycles. The molecule has 2 aromatic carbocycles. The predicted octanol–water partition coefficient (Wildman–Crippen LogP) is 4.47. The standard InChI is InChI=1S/C24H22N6O3S/c1-24(2,3)22-25-18(29-33-22)14-34-23-27-26-20(32-23)19-16-11-7-8-12-17(16)21(31)30(28-19)13-15-9-5-4-6-10-15/h4-12H,13-14H2,1-3H3. The SMILES string of the molecule is CC(C)(C)c1nc(CSc2nnc(-c3nn(Cc4ccccc4)c(=O)c4ccccc34)o2)no1. The number of nitrogens with zero attached hydrogens (tertiary/aromatic N) is 6. The summed E-state index contributed by atoms with van der Waals surface area (Å²) in [6.45, 7) is 6.37. The molecule has 9 nitrogen and oxygen atoms in total. The zero-order valence-corrected chi connectivity index (χ0v) is 19.7. The van der Waals surface area contributed by atoms with Gasteiger partial charge >= 0.3 is 0 Å². The molecule has 0 radical (unpaired) electrons. The second-order valence-corrected chi connectivity index (χ2v) is 9.70. The highest BCUT2D eigenvalue weighted by molar-refractivity contribution is 7.98. The zero-order valence-electron chi connectivity index (χ0n) is 18.9. The highest BCUT2D eigenvalue weighted by Crippen LogP contribution is 2.28. The van der Waals surface area contributed by atoms with E-state index in [4.69, 9.17) is 8.94 Å². The second-order valence-electron chi connectivity index (χ2n) is 8.77. The quantitative estimate of drug-likeness (QED) is 0.329. The summed E-state index contributed by atoms with van der Waals surface area (Å²) in [6.07, 6.45) is 0. The maximum Gasteiger partial charge on any atom is 0.277 e. The Kier molecular flexibility index (Phi) is 5.74. The van der Waals surface area contributed by atoms with Gasteiger partial charge in [0.15, 0.2) is 11.5 Å². The van der Waals surface area contributed by atoms with Crippen molar-refractivity contribution in [2.24, 2.45) is 0 Å². The summed E-state index contributed by atoms with van der Waals surface area (Å²) in [5.41, 5.74) is 1.03. The smallest absolute Gasteiger partial charge is 0.277 e. The van der Waals surface area contributed by atoms with Gasteiger partial charge in [-0.2, -0.15) is 10.1 Å². The Labute approximate surface area is 199 Å². The third-order valence-corrected chi connectivity index (χ3v) is 5.90. The number of fused-ring (bicyclic) bond motifs is 1. The monoisotopic (exact) mass is 474 g/mol. The molecule has 34 heavy (non-hydrogen) atoms. The average Bonchev–Trinajstić information content (AvgIpc) is 3.50. The zero-order chi connectivity index (χ0) is 23.7. The van der Waals surface area contributed by atoms with Crippen LogP contribution in [0.2, 0.25) is 0 Å². The molecular weight excluding hydrogens is 452 g/mol. The molecule has 0 aliphatic rings. The van der Waals surface area contributed by atoms with E-state index in [1.54, 1.807) is 6.07 Å². The van der Waals surface area contributed by atoms with Crippen molar-refractivity contribution in [3.8, 4) is 11.6 Å². The number of benzene rings is 2. The molecule has 172 valence electrons. The van der Waals surface area contributed by atoms with E-state index in [0.717, 1.165) is 5.56 Å². The van der Waals surface area contributed by atoms with Gasteiger partial charge in [-0.1, -0.05) is 86.2 Å². The van der Waals surface area contributed by atoms with Crippen LogP contribution in [0.3, 0.4) is 0 Å². The van der Waals surface area contributed by atoms with Crippen molar-refractivity contribution >= 4 is 22.5 Å². The Morgan fingerprint density at radius 3 is 2.44 bits per heavy atom. The van der Waals surface area contributed by atoms with Crippen molar-refractivity contribution in [1.29, 1.82) is 0 Å². The lowest BCUT2D eigenvalue weighted by Crippen LogP contribution is -2.24. The number of rotatable bonds is 6. The largest absolute Gasteiger partial charge is 0.409 e. The van der Waals surface area contributed by atoms with Crippen LogP contribution in [-0.4, -0.2) is 30.1 Å². The number of hydrogen-bond acceptors (Lipinski definition) is 9. The molecular formula is C24H22N6O3S. The van der Waals surface area contributed by atoms with E-state index in [1.165, 1.54) is 16.4 Å². The van der Waals surface area contributed by atoms with Crippen molar-refractivity contribution in [3.05, 3.63) is 82.2 Å². The van der Waals surface area contributed by atoms with Gasteiger partial charge in [0.25, 0.3) is 16.7 Å². The van der Waals surface area contributed by atoms with Crippen LogP contribution < -0.4 is 5.56 Å². The first-order valence-electron chi connectivity index (χ1n) is 10.7. The summed E-state index contributed by atoms with van der Waals surface area (Å²) in [5, 5.41) is 18.5. The molecule has 0 bridgehead atoms. The fourth-order valence-corrected chi connectivity index (χ4v) is 3.97. The van der Waals surface area contributed by atoms with Crippen molar-refractivity contribution in [3.63, 3.8) is 0 Å². The van der Waals surface area contributed by atoms with E-state index in [-0.39, 0.29) is 16.9 Å². The van der Waals surface area contributed by atoms with Crippen molar-refractivity contribution in [1.82, 2.24) is 30.1 Å².